The molecule has 0 unspecified atom stereocenters. The average Bonchev–Trinajstić information content (AvgIpc) is 2.80. The molecular formula is C27H19FN2O2. The third-order valence-corrected chi connectivity index (χ3v) is 5.31. The van der Waals surface area contributed by atoms with E-state index in [1.165, 1.54) is 12.1 Å². The second kappa shape index (κ2) is 8.19. The zero-order valence-electron chi connectivity index (χ0n) is 17.4. The van der Waals surface area contributed by atoms with Gasteiger partial charge in [0.2, 0.25) is 0 Å². The summed E-state index contributed by atoms with van der Waals surface area (Å²) in [7, 11) is 0. The number of nitrogens with zero attached hydrogens (tertiary/aromatic N) is 2. The van der Waals surface area contributed by atoms with E-state index in [1.807, 2.05) is 49.4 Å². The van der Waals surface area contributed by atoms with Crippen molar-refractivity contribution in [1.82, 2.24) is 9.97 Å². The lowest BCUT2D eigenvalue weighted by molar-refractivity contribution is 0.563. The Bertz CT molecular complexity index is 1470. The van der Waals surface area contributed by atoms with Gasteiger partial charge >= 0.3 is 5.63 Å². The molecule has 0 radical (unpaired) electrons. The molecule has 0 aliphatic carbocycles. The highest BCUT2D eigenvalue weighted by atomic mass is 19.1. The van der Waals surface area contributed by atoms with Crippen LogP contribution in [-0.2, 0) is 6.42 Å². The summed E-state index contributed by atoms with van der Waals surface area (Å²) in [5, 5.41) is 0.817. The van der Waals surface area contributed by atoms with Crippen LogP contribution in [0.5, 0.6) is 0 Å². The maximum atomic E-state index is 13.3. The lowest BCUT2D eigenvalue weighted by Gasteiger charge is -2.09. The van der Waals surface area contributed by atoms with E-state index in [1.54, 1.807) is 30.3 Å². The van der Waals surface area contributed by atoms with Gasteiger partial charge in [-0.3, -0.25) is 0 Å². The number of benzene rings is 3. The minimum Gasteiger partial charge on any atom is -0.422 e. The summed E-state index contributed by atoms with van der Waals surface area (Å²) in [5.74, 6) is 0.245. The van der Waals surface area contributed by atoms with Crippen LogP contribution in [0.2, 0.25) is 0 Å². The normalized spacial score (nSPS) is 11.1. The van der Waals surface area contributed by atoms with E-state index >= 15 is 0 Å². The molecule has 0 atom stereocenters. The fraction of sp³-hybridized carbons (Fsp3) is 0.0741. The van der Waals surface area contributed by atoms with Crippen molar-refractivity contribution in [2.45, 2.75) is 13.3 Å². The van der Waals surface area contributed by atoms with E-state index in [-0.39, 0.29) is 5.82 Å². The first-order valence-electron chi connectivity index (χ1n) is 10.3. The molecule has 5 heteroatoms. The first-order valence-corrected chi connectivity index (χ1v) is 10.3. The minimum atomic E-state index is -0.454. The van der Waals surface area contributed by atoms with Crippen molar-refractivity contribution in [1.29, 1.82) is 0 Å². The number of para-hydroxylation sites is 1. The lowest BCUT2D eigenvalue weighted by Crippen LogP contribution is -2.07. The van der Waals surface area contributed by atoms with E-state index in [9.17, 15) is 9.18 Å². The van der Waals surface area contributed by atoms with Gasteiger partial charge in [-0.2, -0.15) is 0 Å². The summed E-state index contributed by atoms with van der Waals surface area (Å²) >= 11 is 0. The molecule has 0 spiro atoms. The van der Waals surface area contributed by atoms with Crippen molar-refractivity contribution in [2.24, 2.45) is 0 Å². The van der Waals surface area contributed by atoms with Gasteiger partial charge in [0, 0.05) is 17.4 Å². The van der Waals surface area contributed by atoms with Crippen LogP contribution in [0, 0.1) is 12.7 Å². The summed E-state index contributed by atoms with van der Waals surface area (Å²) < 4.78 is 18.8. The largest absolute Gasteiger partial charge is 0.422 e. The summed E-state index contributed by atoms with van der Waals surface area (Å²) in [6.07, 6.45) is 0.409. The van der Waals surface area contributed by atoms with Crippen molar-refractivity contribution in [3.63, 3.8) is 0 Å². The standard InChI is InChI=1S/C27H19FN2O2/c1-17-6-10-19(11-7-17)23-16-24(22-15-20-4-2-3-5-25(20)32-27(22)31)30-26(29-23)14-18-8-12-21(28)13-9-18/h2-13,15-16H,14H2,1H3. The molecular weight excluding hydrogens is 403 g/mol. The highest BCUT2D eigenvalue weighted by Gasteiger charge is 2.14. The lowest BCUT2D eigenvalue weighted by atomic mass is 10.1. The predicted octanol–water partition coefficient (Wildman–Crippen LogP) is 5.96. The van der Waals surface area contributed by atoms with Crippen LogP contribution in [-0.4, -0.2) is 9.97 Å². The number of rotatable bonds is 4. The van der Waals surface area contributed by atoms with E-state index in [4.69, 9.17) is 9.40 Å². The SMILES string of the molecule is Cc1ccc(-c2cc(-c3cc4ccccc4oc3=O)nc(Cc3ccc(F)cc3)n2)cc1. The summed E-state index contributed by atoms with van der Waals surface area (Å²) in [4.78, 5) is 22.2. The molecule has 0 saturated heterocycles. The molecule has 2 aromatic heterocycles. The summed E-state index contributed by atoms with van der Waals surface area (Å²) in [6, 6.07) is 25.2. The number of hydrogen-bond acceptors (Lipinski definition) is 4. The summed E-state index contributed by atoms with van der Waals surface area (Å²) in [6.45, 7) is 2.02. The molecule has 0 aliphatic rings. The van der Waals surface area contributed by atoms with Crippen LogP contribution in [0.4, 0.5) is 4.39 Å². The molecule has 3 aromatic carbocycles. The molecule has 0 aliphatic heterocycles. The molecule has 0 saturated carbocycles. The number of fused-ring (bicyclic) bond motifs is 1. The molecule has 0 amide bonds. The fourth-order valence-corrected chi connectivity index (χ4v) is 3.61. The van der Waals surface area contributed by atoms with Crippen molar-refractivity contribution in [3.05, 3.63) is 118 Å². The third kappa shape index (κ3) is 4.05. The number of aryl methyl sites for hydroxylation is 1. The Kier molecular flexibility index (Phi) is 5.07. The first kappa shape index (κ1) is 19.8. The van der Waals surface area contributed by atoms with Gasteiger partial charge in [0.05, 0.1) is 17.0 Å². The highest BCUT2D eigenvalue weighted by Crippen LogP contribution is 2.25. The van der Waals surface area contributed by atoms with Gasteiger partial charge in [0.1, 0.15) is 17.2 Å². The Labute approximate surface area is 184 Å². The second-order valence-corrected chi connectivity index (χ2v) is 7.71. The maximum Gasteiger partial charge on any atom is 0.345 e. The van der Waals surface area contributed by atoms with Crippen LogP contribution >= 0.6 is 0 Å². The minimum absolute atomic E-state index is 0.294. The average molecular weight is 422 g/mol. The van der Waals surface area contributed by atoms with Crippen LogP contribution in [0.3, 0.4) is 0 Å². The van der Waals surface area contributed by atoms with Crippen LogP contribution in [0.15, 0.2) is 94.1 Å². The Morgan fingerprint density at radius 3 is 2.34 bits per heavy atom. The molecule has 156 valence electrons. The van der Waals surface area contributed by atoms with Gasteiger partial charge in [0.15, 0.2) is 0 Å². The monoisotopic (exact) mass is 422 g/mol. The van der Waals surface area contributed by atoms with Gasteiger partial charge in [0.25, 0.3) is 0 Å². The first-order chi connectivity index (χ1) is 15.5. The van der Waals surface area contributed by atoms with Gasteiger partial charge in [-0.25, -0.2) is 19.2 Å². The zero-order chi connectivity index (χ0) is 22.1. The Morgan fingerprint density at radius 2 is 1.56 bits per heavy atom. The van der Waals surface area contributed by atoms with Crippen molar-refractivity contribution in [2.75, 3.05) is 0 Å². The number of aromatic nitrogens is 2. The number of hydrogen-bond donors (Lipinski definition) is 0. The molecule has 0 bridgehead atoms. The van der Waals surface area contributed by atoms with E-state index in [0.717, 1.165) is 22.1 Å². The molecule has 5 rings (SSSR count). The van der Waals surface area contributed by atoms with Gasteiger partial charge < -0.3 is 4.42 Å². The topological polar surface area (TPSA) is 56.0 Å². The van der Waals surface area contributed by atoms with Crippen molar-refractivity contribution >= 4 is 11.0 Å². The van der Waals surface area contributed by atoms with Crippen molar-refractivity contribution < 1.29 is 8.81 Å². The van der Waals surface area contributed by atoms with E-state index in [0.29, 0.717) is 34.8 Å². The molecule has 0 fully saturated rings. The van der Waals surface area contributed by atoms with Crippen LogP contribution in [0.25, 0.3) is 33.5 Å². The van der Waals surface area contributed by atoms with E-state index in [2.05, 4.69) is 4.98 Å². The quantitative estimate of drug-likeness (QED) is 0.336. The smallest absolute Gasteiger partial charge is 0.345 e. The Balaban J connectivity index is 1.66. The van der Waals surface area contributed by atoms with Crippen molar-refractivity contribution in [3.8, 4) is 22.5 Å². The van der Waals surface area contributed by atoms with E-state index < -0.39 is 5.63 Å². The molecule has 5 aromatic rings. The van der Waals surface area contributed by atoms with Crippen LogP contribution < -0.4 is 5.63 Å². The number of halogens is 1. The van der Waals surface area contributed by atoms with Gasteiger partial charge in [-0.05, 0) is 42.8 Å². The second-order valence-electron chi connectivity index (χ2n) is 7.71. The fourth-order valence-electron chi connectivity index (χ4n) is 3.61. The maximum absolute atomic E-state index is 13.3. The molecule has 4 nitrogen and oxygen atoms in total. The molecule has 32 heavy (non-hydrogen) atoms. The van der Waals surface area contributed by atoms with Crippen LogP contribution in [0.1, 0.15) is 17.0 Å². The van der Waals surface area contributed by atoms with Gasteiger partial charge in [-0.1, -0.05) is 60.2 Å². The molecule has 2 heterocycles. The Hall–Kier alpha value is -4.12. The Morgan fingerprint density at radius 1 is 0.844 bits per heavy atom. The predicted molar refractivity (Wildman–Crippen MR) is 123 cm³/mol. The molecule has 0 N–H and O–H groups in total. The third-order valence-electron chi connectivity index (χ3n) is 5.31. The van der Waals surface area contributed by atoms with Gasteiger partial charge in [-0.15, -0.1) is 0 Å². The summed E-state index contributed by atoms with van der Waals surface area (Å²) in [5.41, 5.74) is 4.59. The zero-order valence-corrected chi connectivity index (χ0v) is 17.4. The highest BCUT2D eigenvalue weighted by molar-refractivity contribution is 5.81.